The van der Waals surface area contributed by atoms with E-state index in [4.69, 9.17) is 0 Å². The average Bonchev–Trinajstić information content (AvgIpc) is 3.13. The lowest BCUT2D eigenvalue weighted by atomic mass is 10.1. The predicted molar refractivity (Wildman–Crippen MR) is 76.3 cm³/mol. The van der Waals surface area contributed by atoms with Gasteiger partial charge < -0.3 is 10.2 Å². The molecule has 1 saturated carbocycles. The Morgan fingerprint density at radius 1 is 1.16 bits per heavy atom. The van der Waals surface area contributed by atoms with Crippen molar-refractivity contribution in [1.82, 2.24) is 4.98 Å². The SMILES string of the molecule is O=C(Nc1ccc(N2CCCC2)nc1)C1CCCC1. The molecule has 0 spiro atoms. The van der Waals surface area contributed by atoms with Gasteiger partial charge in [0.1, 0.15) is 5.82 Å². The number of pyridine rings is 1. The standard InChI is InChI=1S/C15H21N3O/c19-15(12-5-1-2-6-12)17-13-7-8-14(16-11-13)18-9-3-4-10-18/h7-8,11-12H,1-6,9-10H2,(H,17,19). The molecule has 1 aliphatic heterocycles. The van der Waals surface area contributed by atoms with E-state index in [0.29, 0.717) is 0 Å². The van der Waals surface area contributed by atoms with Crippen molar-refractivity contribution in [2.45, 2.75) is 38.5 Å². The molecule has 0 aromatic carbocycles. The summed E-state index contributed by atoms with van der Waals surface area (Å²) in [6.45, 7) is 2.20. The summed E-state index contributed by atoms with van der Waals surface area (Å²) < 4.78 is 0. The third-order valence-electron chi connectivity index (χ3n) is 4.17. The molecule has 19 heavy (non-hydrogen) atoms. The lowest BCUT2D eigenvalue weighted by Crippen LogP contribution is -2.21. The minimum Gasteiger partial charge on any atom is -0.357 e. The third kappa shape index (κ3) is 2.88. The normalized spacial score (nSPS) is 19.9. The van der Waals surface area contributed by atoms with Crippen LogP contribution in [0, 0.1) is 5.92 Å². The van der Waals surface area contributed by atoms with Gasteiger partial charge in [-0.2, -0.15) is 0 Å². The maximum absolute atomic E-state index is 12.0. The number of hydrogen-bond donors (Lipinski definition) is 1. The van der Waals surface area contributed by atoms with Gasteiger partial charge in [0.25, 0.3) is 0 Å². The summed E-state index contributed by atoms with van der Waals surface area (Å²) in [7, 11) is 0. The number of nitrogens with one attached hydrogen (secondary N) is 1. The average molecular weight is 259 g/mol. The largest absolute Gasteiger partial charge is 0.357 e. The number of carbonyl (C=O) groups is 1. The van der Waals surface area contributed by atoms with Gasteiger partial charge in [0, 0.05) is 19.0 Å². The van der Waals surface area contributed by atoms with Crippen LogP contribution in [0.3, 0.4) is 0 Å². The Kier molecular flexibility index (Phi) is 3.67. The fraction of sp³-hybridized carbons (Fsp3) is 0.600. The molecule has 2 fully saturated rings. The van der Waals surface area contributed by atoms with E-state index in [2.05, 4.69) is 15.2 Å². The van der Waals surface area contributed by atoms with E-state index in [1.54, 1.807) is 6.20 Å². The second kappa shape index (κ2) is 5.59. The zero-order chi connectivity index (χ0) is 13.1. The number of carbonyl (C=O) groups excluding carboxylic acids is 1. The van der Waals surface area contributed by atoms with Crippen LogP contribution < -0.4 is 10.2 Å². The number of rotatable bonds is 3. The molecule has 1 amide bonds. The highest BCUT2D eigenvalue weighted by atomic mass is 16.1. The minimum atomic E-state index is 0.160. The highest BCUT2D eigenvalue weighted by Crippen LogP contribution is 2.26. The van der Waals surface area contributed by atoms with Gasteiger partial charge in [0.15, 0.2) is 0 Å². The first kappa shape index (κ1) is 12.5. The fourth-order valence-electron chi connectivity index (χ4n) is 3.03. The molecule has 1 aromatic rings. The van der Waals surface area contributed by atoms with Gasteiger partial charge in [-0.25, -0.2) is 4.98 Å². The molecule has 102 valence electrons. The second-order valence-corrected chi connectivity index (χ2v) is 5.57. The first-order valence-electron chi connectivity index (χ1n) is 7.35. The van der Waals surface area contributed by atoms with E-state index in [9.17, 15) is 4.79 Å². The summed E-state index contributed by atoms with van der Waals surface area (Å²) in [5.41, 5.74) is 0.819. The van der Waals surface area contributed by atoms with Crippen LogP contribution >= 0.6 is 0 Å². The molecule has 0 radical (unpaired) electrons. The zero-order valence-corrected chi connectivity index (χ0v) is 11.3. The van der Waals surface area contributed by atoms with E-state index in [1.807, 2.05) is 12.1 Å². The van der Waals surface area contributed by atoms with E-state index in [-0.39, 0.29) is 11.8 Å². The first-order valence-corrected chi connectivity index (χ1v) is 7.35. The van der Waals surface area contributed by atoms with Gasteiger partial charge in [-0.15, -0.1) is 0 Å². The topological polar surface area (TPSA) is 45.2 Å². The smallest absolute Gasteiger partial charge is 0.227 e. The van der Waals surface area contributed by atoms with Crippen molar-refractivity contribution < 1.29 is 4.79 Å². The Bertz CT molecular complexity index is 431. The maximum Gasteiger partial charge on any atom is 0.227 e. The van der Waals surface area contributed by atoms with Crippen LogP contribution in [-0.2, 0) is 4.79 Å². The Morgan fingerprint density at radius 3 is 2.53 bits per heavy atom. The van der Waals surface area contributed by atoms with Crippen LogP contribution in [-0.4, -0.2) is 24.0 Å². The molecule has 1 N–H and O–H groups in total. The van der Waals surface area contributed by atoms with Crippen LogP contribution in [0.4, 0.5) is 11.5 Å². The lowest BCUT2D eigenvalue weighted by Gasteiger charge is -2.16. The molecule has 1 saturated heterocycles. The second-order valence-electron chi connectivity index (χ2n) is 5.57. The highest BCUT2D eigenvalue weighted by molar-refractivity contribution is 5.92. The molecule has 0 unspecified atom stereocenters. The summed E-state index contributed by atoms with van der Waals surface area (Å²) in [5.74, 6) is 1.39. The monoisotopic (exact) mass is 259 g/mol. The van der Waals surface area contributed by atoms with Crippen molar-refractivity contribution in [2.75, 3.05) is 23.3 Å². The summed E-state index contributed by atoms with van der Waals surface area (Å²) in [6, 6.07) is 3.98. The van der Waals surface area contributed by atoms with Crippen LogP contribution in [0.5, 0.6) is 0 Å². The minimum absolute atomic E-state index is 0.160. The van der Waals surface area contributed by atoms with E-state index < -0.39 is 0 Å². The van der Waals surface area contributed by atoms with Gasteiger partial charge in [0.05, 0.1) is 11.9 Å². The molecule has 4 nitrogen and oxygen atoms in total. The zero-order valence-electron chi connectivity index (χ0n) is 11.3. The molecule has 2 aliphatic rings. The maximum atomic E-state index is 12.0. The summed E-state index contributed by atoms with van der Waals surface area (Å²) >= 11 is 0. The van der Waals surface area contributed by atoms with Crippen molar-refractivity contribution in [1.29, 1.82) is 0 Å². The summed E-state index contributed by atoms with van der Waals surface area (Å²) in [4.78, 5) is 18.8. The van der Waals surface area contributed by atoms with Gasteiger partial charge in [-0.05, 0) is 37.8 Å². The predicted octanol–water partition coefficient (Wildman–Crippen LogP) is 2.81. The summed E-state index contributed by atoms with van der Waals surface area (Å²) in [6.07, 6.45) is 8.72. The van der Waals surface area contributed by atoms with Crippen LogP contribution in [0.15, 0.2) is 18.3 Å². The quantitative estimate of drug-likeness (QED) is 0.908. The van der Waals surface area contributed by atoms with Gasteiger partial charge in [0.2, 0.25) is 5.91 Å². The number of anilines is 2. The molecule has 3 rings (SSSR count). The van der Waals surface area contributed by atoms with Crippen molar-refractivity contribution in [3.8, 4) is 0 Å². The molecule has 4 heteroatoms. The Morgan fingerprint density at radius 2 is 1.89 bits per heavy atom. The van der Waals surface area contributed by atoms with E-state index in [0.717, 1.165) is 37.4 Å². The fourth-order valence-corrected chi connectivity index (χ4v) is 3.03. The Hall–Kier alpha value is -1.58. The van der Waals surface area contributed by atoms with Crippen LogP contribution in [0.1, 0.15) is 38.5 Å². The third-order valence-corrected chi connectivity index (χ3v) is 4.17. The number of nitrogens with zero attached hydrogens (tertiary/aromatic N) is 2. The van der Waals surface area contributed by atoms with Crippen LogP contribution in [0.25, 0.3) is 0 Å². The molecule has 1 aromatic heterocycles. The molecular formula is C15H21N3O. The molecule has 0 bridgehead atoms. The van der Waals surface area contributed by atoms with E-state index >= 15 is 0 Å². The Balaban J connectivity index is 1.60. The Labute approximate surface area is 114 Å². The lowest BCUT2D eigenvalue weighted by molar-refractivity contribution is -0.119. The van der Waals surface area contributed by atoms with E-state index in [1.165, 1.54) is 25.7 Å². The summed E-state index contributed by atoms with van der Waals surface area (Å²) in [5, 5.41) is 2.98. The molecule has 0 atom stereocenters. The number of amides is 1. The van der Waals surface area contributed by atoms with Crippen molar-refractivity contribution in [3.63, 3.8) is 0 Å². The first-order chi connectivity index (χ1) is 9.33. The van der Waals surface area contributed by atoms with Crippen molar-refractivity contribution >= 4 is 17.4 Å². The number of hydrogen-bond acceptors (Lipinski definition) is 3. The molecular weight excluding hydrogens is 238 g/mol. The molecule has 1 aliphatic carbocycles. The van der Waals surface area contributed by atoms with Crippen molar-refractivity contribution in [2.24, 2.45) is 5.92 Å². The number of aromatic nitrogens is 1. The van der Waals surface area contributed by atoms with Gasteiger partial charge >= 0.3 is 0 Å². The van der Waals surface area contributed by atoms with Gasteiger partial charge in [-0.3, -0.25) is 4.79 Å². The van der Waals surface area contributed by atoms with Crippen LogP contribution in [0.2, 0.25) is 0 Å². The highest BCUT2D eigenvalue weighted by Gasteiger charge is 2.22. The van der Waals surface area contributed by atoms with Crippen molar-refractivity contribution in [3.05, 3.63) is 18.3 Å². The van der Waals surface area contributed by atoms with Gasteiger partial charge in [-0.1, -0.05) is 12.8 Å². The molecule has 2 heterocycles.